The molecule has 0 spiro atoms. The van der Waals surface area contributed by atoms with E-state index in [9.17, 15) is 5.11 Å². The fraction of sp³-hybridized carbons (Fsp3) is 0. The van der Waals surface area contributed by atoms with Crippen molar-refractivity contribution in [3.63, 3.8) is 0 Å². The van der Waals surface area contributed by atoms with Gasteiger partial charge >= 0.3 is 0 Å². The van der Waals surface area contributed by atoms with E-state index < -0.39 is 0 Å². The molecule has 0 fully saturated rings. The number of fused-ring (bicyclic) bond motifs is 1. The molecule has 0 aliphatic carbocycles. The fourth-order valence-corrected chi connectivity index (χ4v) is 3.42. The van der Waals surface area contributed by atoms with Crippen LogP contribution >= 0.6 is 0 Å². The summed E-state index contributed by atoms with van der Waals surface area (Å²) in [7, 11) is 0. The van der Waals surface area contributed by atoms with Gasteiger partial charge in [0.05, 0.1) is 5.52 Å². The number of hydrogen-bond donors (Lipinski definition) is 2. The molecule has 3 aromatic carbocycles. The third kappa shape index (κ3) is 4.16. The summed E-state index contributed by atoms with van der Waals surface area (Å²) in [6, 6.07) is 26.7. The number of rotatable bonds is 5. The van der Waals surface area contributed by atoms with E-state index >= 15 is 0 Å². The quantitative estimate of drug-likeness (QED) is 0.348. The van der Waals surface area contributed by atoms with Crippen LogP contribution in [0.5, 0.6) is 17.2 Å². The minimum Gasteiger partial charge on any atom is -0.508 e. The molecule has 0 saturated heterocycles. The molecule has 0 aliphatic rings. The van der Waals surface area contributed by atoms with Crippen LogP contribution in [0.1, 0.15) is 0 Å². The second-order valence-electron chi connectivity index (χ2n) is 7.08. The summed E-state index contributed by atoms with van der Waals surface area (Å²) in [6.45, 7) is 0. The molecule has 2 aromatic heterocycles. The van der Waals surface area contributed by atoms with Crippen molar-refractivity contribution in [2.45, 2.75) is 0 Å². The first-order valence-corrected chi connectivity index (χ1v) is 9.88. The summed E-state index contributed by atoms with van der Waals surface area (Å²) in [5.74, 6) is 1.74. The number of aromatic hydroxyl groups is 1. The molecule has 31 heavy (non-hydrogen) atoms. The first-order valence-electron chi connectivity index (χ1n) is 9.88. The molecule has 2 heterocycles. The Morgan fingerprint density at radius 2 is 1.48 bits per heavy atom. The van der Waals surface area contributed by atoms with E-state index in [1.165, 1.54) is 0 Å². The maximum Gasteiger partial charge on any atom is 0.130 e. The van der Waals surface area contributed by atoms with Crippen LogP contribution in [0.4, 0.5) is 11.4 Å². The second-order valence-corrected chi connectivity index (χ2v) is 7.08. The zero-order valence-electron chi connectivity index (χ0n) is 16.6. The first kappa shape index (κ1) is 18.6. The number of nitrogens with one attached hydrogen (secondary N) is 1. The fourth-order valence-electron chi connectivity index (χ4n) is 3.42. The van der Waals surface area contributed by atoms with Gasteiger partial charge in [-0.2, -0.15) is 0 Å². The predicted octanol–water partition coefficient (Wildman–Crippen LogP) is 6.54. The van der Waals surface area contributed by atoms with Gasteiger partial charge in [-0.15, -0.1) is 0 Å². The number of benzene rings is 3. The average molecular weight is 405 g/mol. The highest BCUT2D eigenvalue weighted by Gasteiger charge is 2.07. The number of phenolic OH excluding ortho intramolecular Hbond substituents is 1. The van der Waals surface area contributed by atoms with Crippen LogP contribution in [-0.4, -0.2) is 15.1 Å². The summed E-state index contributed by atoms with van der Waals surface area (Å²) in [6.07, 6.45) is 5.19. The van der Waals surface area contributed by atoms with Gasteiger partial charge in [-0.1, -0.05) is 18.2 Å². The van der Waals surface area contributed by atoms with Crippen molar-refractivity contribution in [2.75, 3.05) is 5.32 Å². The molecule has 0 saturated carbocycles. The summed E-state index contributed by atoms with van der Waals surface area (Å²) in [5.41, 5.74) is 4.76. The van der Waals surface area contributed by atoms with Crippen LogP contribution in [0.25, 0.3) is 22.0 Å². The summed E-state index contributed by atoms with van der Waals surface area (Å²) >= 11 is 0. The highest BCUT2D eigenvalue weighted by Crippen LogP contribution is 2.31. The molecule has 0 bridgehead atoms. The van der Waals surface area contributed by atoms with Gasteiger partial charge in [0, 0.05) is 35.4 Å². The molecule has 5 rings (SSSR count). The van der Waals surface area contributed by atoms with Crippen LogP contribution in [0.2, 0.25) is 0 Å². The van der Waals surface area contributed by atoms with E-state index in [0.29, 0.717) is 0 Å². The van der Waals surface area contributed by atoms with Gasteiger partial charge in [0.25, 0.3) is 0 Å². The predicted molar refractivity (Wildman–Crippen MR) is 123 cm³/mol. The molecule has 5 heteroatoms. The normalized spacial score (nSPS) is 10.7. The van der Waals surface area contributed by atoms with Crippen molar-refractivity contribution in [3.05, 3.63) is 104 Å². The Bertz CT molecular complexity index is 1340. The minimum absolute atomic E-state index is 0.246. The van der Waals surface area contributed by atoms with Gasteiger partial charge in [0.15, 0.2) is 0 Å². The van der Waals surface area contributed by atoms with Crippen LogP contribution in [0.15, 0.2) is 104 Å². The Hall–Kier alpha value is -4.38. The number of nitrogens with zero attached hydrogens (tertiary/aromatic N) is 2. The summed E-state index contributed by atoms with van der Waals surface area (Å²) in [4.78, 5) is 8.48. The number of hydrogen-bond acceptors (Lipinski definition) is 5. The Morgan fingerprint density at radius 1 is 0.710 bits per heavy atom. The molecule has 0 amide bonds. The van der Waals surface area contributed by atoms with E-state index in [-0.39, 0.29) is 5.75 Å². The van der Waals surface area contributed by atoms with Gasteiger partial charge in [-0.25, -0.2) is 0 Å². The standard InChI is InChI=1S/C26H19N3O2/c30-21-3-1-2-18(16-21)19-4-9-25-24(17-19)26(12-15-28-25)29-20-5-7-22(8-6-20)31-23-10-13-27-14-11-23/h1-17,30H,(H,28,29). The van der Waals surface area contributed by atoms with E-state index in [1.54, 1.807) is 30.7 Å². The van der Waals surface area contributed by atoms with Gasteiger partial charge in [-0.05, 0) is 77.9 Å². The second kappa shape index (κ2) is 8.16. The topological polar surface area (TPSA) is 67.3 Å². The monoisotopic (exact) mass is 405 g/mol. The number of pyridine rings is 2. The zero-order chi connectivity index (χ0) is 21.0. The largest absolute Gasteiger partial charge is 0.508 e. The van der Waals surface area contributed by atoms with Crippen molar-refractivity contribution >= 4 is 22.3 Å². The molecule has 150 valence electrons. The van der Waals surface area contributed by atoms with Gasteiger partial charge in [0.2, 0.25) is 0 Å². The van der Waals surface area contributed by atoms with Crippen molar-refractivity contribution in [1.29, 1.82) is 0 Å². The first-order chi connectivity index (χ1) is 15.2. The smallest absolute Gasteiger partial charge is 0.130 e. The lowest BCUT2D eigenvalue weighted by Crippen LogP contribution is -1.93. The van der Waals surface area contributed by atoms with Crippen molar-refractivity contribution in [3.8, 4) is 28.4 Å². The van der Waals surface area contributed by atoms with Crippen LogP contribution < -0.4 is 10.1 Å². The average Bonchev–Trinajstić information content (AvgIpc) is 2.81. The molecular weight excluding hydrogens is 386 g/mol. The van der Waals surface area contributed by atoms with Crippen LogP contribution in [0.3, 0.4) is 0 Å². The SMILES string of the molecule is Oc1cccc(-c2ccc3nccc(Nc4ccc(Oc5ccncc5)cc4)c3c2)c1. The number of aromatic nitrogens is 2. The number of anilines is 2. The van der Waals surface area contributed by atoms with E-state index in [0.717, 1.165) is 44.9 Å². The lowest BCUT2D eigenvalue weighted by molar-refractivity contribution is 0.475. The van der Waals surface area contributed by atoms with Gasteiger partial charge in [-0.3, -0.25) is 9.97 Å². The van der Waals surface area contributed by atoms with Gasteiger partial charge in [0.1, 0.15) is 17.2 Å². The Morgan fingerprint density at radius 3 is 2.29 bits per heavy atom. The molecule has 5 aromatic rings. The molecule has 0 radical (unpaired) electrons. The third-order valence-corrected chi connectivity index (χ3v) is 4.94. The molecule has 0 atom stereocenters. The van der Waals surface area contributed by atoms with E-state index in [1.807, 2.05) is 66.7 Å². The molecule has 0 unspecified atom stereocenters. The maximum atomic E-state index is 9.81. The molecule has 5 nitrogen and oxygen atoms in total. The molecule has 2 N–H and O–H groups in total. The van der Waals surface area contributed by atoms with Crippen molar-refractivity contribution in [2.24, 2.45) is 0 Å². The lowest BCUT2D eigenvalue weighted by Gasteiger charge is -2.12. The molecular formula is C26H19N3O2. The lowest BCUT2D eigenvalue weighted by atomic mass is 10.0. The van der Waals surface area contributed by atoms with E-state index in [2.05, 4.69) is 21.4 Å². The van der Waals surface area contributed by atoms with Crippen molar-refractivity contribution in [1.82, 2.24) is 9.97 Å². The summed E-state index contributed by atoms with van der Waals surface area (Å²) in [5, 5.41) is 14.3. The molecule has 0 aliphatic heterocycles. The Balaban J connectivity index is 1.42. The Kier molecular flexibility index (Phi) is 4.91. The minimum atomic E-state index is 0.246. The zero-order valence-corrected chi connectivity index (χ0v) is 16.6. The highest BCUT2D eigenvalue weighted by atomic mass is 16.5. The maximum absolute atomic E-state index is 9.81. The third-order valence-electron chi connectivity index (χ3n) is 4.94. The number of ether oxygens (including phenoxy) is 1. The number of phenols is 1. The van der Waals surface area contributed by atoms with Gasteiger partial charge < -0.3 is 15.2 Å². The van der Waals surface area contributed by atoms with Crippen LogP contribution in [0, 0.1) is 0 Å². The van der Waals surface area contributed by atoms with Crippen molar-refractivity contribution < 1.29 is 9.84 Å². The Labute approximate surface area is 179 Å². The van der Waals surface area contributed by atoms with Crippen LogP contribution in [-0.2, 0) is 0 Å². The summed E-state index contributed by atoms with van der Waals surface area (Å²) < 4.78 is 5.83. The highest BCUT2D eigenvalue weighted by molar-refractivity contribution is 5.95. The van der Waals surface area contributed by atoms with E-state index in [4.69, 9.17) is 4.74 Å².